The van der Waals surface area contributed by atoms with Gasteiger partial charge in [0.2, 0.25) is 0 Å². The van der Waals surface area contributed by atoms with Crippen molar-refractivity contribution in [2.45, 2.75) is 18.9 Å². The molecule has 0 unspecified atom stereocenters. The Kier molecular flexibility index (Phi) is 4.82. The summed E-state index contributed by atoms with van der Waals surface area (Å²) in [4.78, 5) is 35.0. The molecule has 6 nitrogen and oxygen atoms in total. The lowest BCUT2D eigenvalue weighted by molar-refractivity contribution is 0.0306. The Labute approximate surface area is 154 Å². The third-order valence-corrected chi connectivity index (χ3v) is 6.39. The lowest BCUT2D eigenvalue weighted by atomic mass is 10.2. The number of aromatic nitrogens is 1. The van der Waals surface area contributed by atoms with E-state index in [-0.39, 0.29) is 17.9 Å². The van der Waals surface area contributed by atoms with E-state index < -0.39 is 0 Å². The molecule has 25 heavy (non-hydrogen) atoms. The van der Waals surface area contributed by atoms with Gasteiger partial charge in [-0.3, -0.25) is 9.59 Å². The van der Waals surface area contributed by atoms with Crippen molar-refractivity contribution in [2.75, 3.05) is 32.8 Å². The summed E-state index contributed by atoms with van der Waals surface area (Å²) in [6, 6.07) is 3.93. The van der Waals surface area contributed by atoms with E-state index in [0.717, 1.165) is 29.1 Å². The van der Waals surface area contributed by atoms with Gasteiger partial charge in [0.15, 0.2) is 0 Å². The standard InChI is InChI=1S/C17H19N3O3S2/c21-16(12-10-24-11-18-12)20-5-1-2-13(20)14-3-4-15(25-14)17(22)19-6-8-23-9-7-19/h3-4,10-11,13H,1-2,5-9H2/t13-/m0/s1. The summed E-state index contributed by atoms with van der Waals surface area (Å²) >= 11 is 2.94. The van der Waals surface area contributed by atoms with Crippen molar-refractivity contribution in [2.24, 2.45) is 0 Å². The lowest BCUT2D eigenvalue weighted by Crippen LogP contribution is -2.40. The quantitative estimate of drug-likeness (QED) is 0.825. The first-order chi connectivity index (χ1) is 12.2. The Bertz CT molecular complexity index is 753. The molecule has 0 spiro atoms. The predicted molar refractivity (Wildman–Crippen MR) is 96.2 cm³/mol. The van der Waals surface area contributed by atoms with Crippen LogP contribution in [0.15, 0.2) is 23.0 Å². The molecular weight excluding hydrogens is 358 g/mol. The van der Waals surface area contributed by atoms with Crippen LogP contribution in [0.5, 0.6) is 0 Å². The fourth-order valence-corrected chi connectivity index (χ4v) is 4.99. The summed E-state index contributed by atoms with van der Waals surface area (Å²) in [5, 5.41) is 1.79. The molecule has 2 amide bonds. The maximum atomic E-state index is 12.7. The van der Waals surface area contributed by atoms with Crippen LogP contribution in [-0.2, 0) is 4.74 Å². The Morgan fingerprint density at radius 2 is 2.00 bits per heavy atom. The minimum atomic E-state index is -0.0156. The summed E-state index contributed by atoms with van der Waals surface area (Å²) in [6.45, 7) is 3.23. The van der Waals surface area contributed by atoms with Gasteiger partial charge >= 0.3 is 0 Å². The molecule has 2 aliphatic rings. The van der Waals surface area contributed by atoms with E-state index in [0.29, 0.717) is 32.0 Å². The average molecular weight is 377 g/mol. The van der Waals surface area contributed by atoms with Gasteiger partial charge in [0.1, 0.15) is 5.69 Å². The van der Waals surface area contributed by atoms with E-state index in [2.05, 4.69) is 4.98 Å². The number of nitrogens with zero attached hydrogens (tertiary/aromatic N) is 3. The minimum Gasteiger partial charge on any atom is -0.378 e. The fourth-order valence-electron chi connectivity index (χ4n) is 3.34. The number of rotatable bonds is 3. The molecule has 2 saturated heterocycles. The number of morpholine rings is 1. The minimum absolute atomic E-state index is 0.0156. The maximum absolute atomic E-state index is 12.7. The average Bonchev–Trinajstić information content (AvgIpc) is 3.42. The smallest absolute Gasteiger partial charge is 0.273 e. The summed E-state index contributed by atoms with van der Waals surface area (Å²) in [5.74, 6) is 0.0492. The lowest BCUT2D eigenvalue weighted by Gasteiger charge is -2.26. The molecule has 0 radical (unpaired) electrons. The zero-order valence-electron chi connectivity index (χ0n) is 13.7. The van der Waals surface area contributed by atoms with Gasteiger partial charge in [-0.05, 0) is 25.0 Å². The molecule has 4 rings (SSSR count). The van der Waals surface area contributed by atoms with Crippen molar-refractivity contribution in [3.05, 3.63) is 38.5 Å². The van der Waals surface area contributed by atoms with Crippen LogP contribution in [0, 0.1) is 0 Å². The Morgan fingerprint density at radius 1 is 1.16 bits per heavy atom. The number of hydrogen-bond acceptors (Lipinski definition) is 6. The molecule has 132 valence electrons. The molecule has 0 N–H and O–H groups in total. The van der Waals surface area contributed by atoms with Crippen molar-refractivity contribution >= 4 is 34.5 Å². The Hall–Kier alpha value is -1.77. The molecule has 0 bridgehead atoms. The molecule has 2 aromatic heterocycles. The van der Waals surface area contributed by atoms with Gasteiger partial charge < -0.3 is 14.5 Å². The van der Waals surface area contributed by atoms with Crippen molar-refractivity contribution in [1.29, 1.82) is 0 Å². The van der Waals surface area contributed by atoms with Crippen molar-refractivity contribution in [3.8, 4) is 0 Å². The van der Waals surface area contributed by atoms with Crippen LogP contribution in [0.2, 0.25) is 0 Å². The first-order valence-electron chi connectivity index (χ1n) is 8.40. The molecule has 0 aliphatic carbocycles. The van der Waals surface area contributed by atoms with Crippen LogP contribution in [0.25, 0.3) is 0 Å². The van der Waals surface area contributed by atoms with Crippen LogP contribution >= 0.6 is 22.7 Å². The molecule has 1 atom stereocenters. The number of hydrogen-bond donors (Lipinski definition) is 0. The van der Waals surface area contributed by atoms with Crippen LogP contribution in [0.4, 0.5) is 0 Å². The molecule has 2 aromatic rings. The van der Waals surface area contributed by atoms with Gasteiger partial charge in [-0.2, -0.15) is 0 Å². The monoisotopic (exact) mass is 377 g/mol. The van der Waals surface area contributed by atoms with Crippen LogP contribution in [-0.4, -0.2) is 59.4 Å². The van der Waals surface area contributed by atoms with Gasteiger partial charge in [0.25, 0.3) is 11.8 Å². The van der Waals surface area contributed by atoms with E-state index in [1.807, 2.05) is 21.9 Å². The second-order valence-electron chi connectivity index (χ2n) is 6.14. The largest absolute Gasteiger partial charge is 0.378 e. The van der Waals surface area contributed by atoms with Crippen molar-refractivity contribution in [3.63, 3.8) is 0 Å². The van der Waals surface area contributed by atoms with Crippen molar-refractivity contribution < 1.29 is 14.3 Å². The maximum Gasteiger partial charge on any atom is 0.273 e. The fraction of sp³-hybridized carbons (Fsp3) is 0.471. The molecule has 2 aliphatic heterocycles. The molecule has 2 fully saturated rings. The van der Waals surface area contributed by atoms with Crippen LogP contribution in [0.1, 0.15) is 43.9 Å². The highest BCUT2D eigenvalue weighted by Crippen LogP contribution is 2.37. The first-order valence-corrected chi connectivity index (χ1v) is 10.2. The van der Waals surface area contributed by atoms with Crippen LogP contribution in [0.3, 0.4) is 0 Å². The number of carbonyl (C=O) groups excluding carboxylic acids is 2. The molecule has 8 heteroatoms. The van der Waals surface area contributed by atoms with E-state index >= 15 is 0 Å². The summed E-state index contributed by atoms with van der Waals surface area (Å²) in [5.41, 5.74) is 2.20. The summed E-state index contributed by atoms with van der Waals surface area (Å²) in [6.07, 6.45) is 1.91. The number of thiophene rings is 1. The molecular formula is C17H19N3O3S2. The topological polar surface area (TPSA) is 62.7 Å². The Morgan fingerprint density at radius 3 is 2.76 bits per heavy atom. The number of likely N-dealkylation sites (tertiary alicyclic amines) is 1. The predicted octanol–water partition coefficient (Wildman–Crippen LogP) is 2.65. The summed E-state index contributed by atoms with van der Waals surface area (Å²) < 4.78 is 5.31. The van der Waals surface area contributed by atoms with Gasteiger partial charge in [-0.25, -0.2) is 4.98 Å². The highest BCUT2D eigenvalue weighted by molar-refractivity contribution is 7.14. The van der Waals surface area contributed by atoms with E-state index in [9.17, 15) is 9.59 Å². The zero-order chi connectivity index (χ0) is 17.2. The Balaban J connectivity index is 1.50. The molecule has 4 heterocycles. The first kappa shape index (κ1) is 16.7. The molecule has 0 aromatic carbocycles. The van der Waals surface area contributed by atoms with Crippen LogP contribution < -0.4 is 0 Å². The number of carbonyl (C=O) groups is 2. The second kappa shape index (κ2) is 7.23. The second-order valence-corrected chi connectivity index (χ2v) is 7.97. The van der Waals surface area contributed by atoms with Gasteiger partial charge in [-0.1, -0.05) is 0 Å². The van der Waals surface area contributed by atoms with Gasteiger partial charge in [0, 0.05) is 29.9 Å². The van der Waals surface area contributed by atoms with E-state index in [1.54, 1.807) is 10.9 Å². The van der Waals surface area contributed by atoms with Gasteiger partial charge in [0.05, 0.1) is 29.6 Å². The number of ether oxygens (including phenoxy) is 1. The SMILES string of the molecule is O=C(c1ccc([C@@H]2CCCN2C(=O)c2cscn2)s1)N1CCOCC1. The zero-order valence-corrected chi connectivity index (χ0v) is 15.4. The normalized spacial score (nSPS) is 20.9. The third kappa shape index (κ3) is 3.33. The molecule has 0 saturated carbocycles. The van der Waals surface area contributed by atoms with E-state index in [4.69, 9.17) is 4.74 Å². The summed E-state index contributed by atoms with van der Waals surface area (Å²) in [7, 11) is 0. The third-order valence-electron chi connectivity index (χ3n) is 4.63. The highest BCUT2D eigenvalue weighted by atomic mass is 32.1. The van der Waals surface area contributed by atoms with E-state index in [1.165, 1.54) is 22.7 Å². The van der Waals surface area contributed by atoms with Crippen molar-refractivity contribution in [1.82, 2.24) is 14.8 Å². The number of amides is 2. The van der Waals surface area contributed by atoms with Gasteiger partial charge in [-0.15, -0.1) is 22.7 Å². The number of thiazole rings is 1. The highest BCUT2D eigenvalue weighted by Gasteiger charge is 2.33.